The molecule has 0 bridgehead atoms. The van der Waals surface area contributed by atoms with Gasteiger partial charge in [0.05, 0.1) is 0 Å². The predicted molar refractivity (Wildman–Crippen MR) is 38.5 cm³/mol. The molecule has 0 spiro atoms. The van der Waals surface area contributed by atoms with E-state index >= 15 is 0 Å². The second-order valence-corrected chi connectivity index (χ2v) is 2.23. The zero-order valence-corrected chi connectivity index (χ0v) is 5.92. The van der Waals surface area contributed by atoms with Crippen molar-refractivity contribution in [2.24, 2.45) is 11.5 Å². The van der Waals surface area contributed by atoms with Gasteiger partial charge in [-0.1, -0.05) is 6.42 Å². The Balaban J connectivity index is 3.21. The molecule has 0 saturated heterocycles. The molecule has 4 nitrogen and oxygen atoms in total. The highest BCUT2D eigenvalue weighted by Crippen LogP contribution is 1.96. The van der Waals surface area contributed by atoms with E-state index in [4.69, 9.17) is 16.6 Å². The van der Waals surface area contributed by atoms with Gasteiger partial charge in [0.1, 0.15) is 6.04 Å². The molecule has 0 saturated carbocycles. The lowest BCUT2D eigenvalue weighted by Gasteiger charge is -2.03. The number of aliphatic carboxylic acids is 1. The van der Waals surface area contributed by atoms with Gasteiger partial charge in [-0.15, -0.1) is 0 Å². The van der Waals surface area contributed by atoms with Crippen LogP contribution in [0.3, 0.4) is 0 Å². The fourth-order valence-electron chi connectivity index (χ4n) is 0.632. The molecular weight excluding hydrogens is 132 g/mol. The second kappa shape index (κ2) is 5.20. The fraction of sp³-hybridized carbons (Fsp3) is 0.833. The molecule has 4 heteroatoms. The molecule has 0 aromatic rings. The maximum absolute atomic E-state index is 10.1. The molecule has 0 aliphatic heterocycles. The maximum atomic E-state index is 10.1. The van der Waals surface area contributed by atoms with Crippen molar-refractivity contribution in [3.63, 3.8) is 0 Å². The molecule has 10 heavy (non-hydrogen) atoms. The van der Waals surface area contributed by atoms with Crippen LogP contribution in [-0.4, -0.2) is 23.7 Å². The molecule has 0 rings (SSSR count). The number of unbranched alkanes of at least 4 members (excludes halogenated alkanes) is 1. The number of nitrogens with two attached hydrogens (primary N) is 2. The molecule has 0 heterocycles. The van der Waals surface area contributed by atoms with Crippen LogP contribution in [0.2, 0.25) is 0 Å². The fourth-order valence-corrected chi connectivity index (χ4v) is 0.632. The molecule has 0 aliphatic carbocycles. The highest BCUT2D eigenvalue weighted by molar-refractivity contribution is 5.72. The first-order valence-electron chi connectivity index (χ1n) is 3.37. The zero-order chi connectivity index (χ0) is 7.98. The standard InChI is InChI=1S/C6H14N2O2/c7-4-2-1-3-5(8)6(9)10/h5H,1-4,7-8H2,(H,9,10)/t5-/m0/s1/i1+0,2+0,3+0,4+0,5+0,6+0. The Morgan fingerprint density at radius 1 is 1.50 bits per heavy atom. The Bertz CT molecular complexity index is 106. The van der Waals surface area contributed by atoms with E-state index in [9.17, 15) is 4.79 Å². The van der Waals surface area contributed by atoms with Crippen molar-refractivity contribution < 1.29 is 9.90 Å². The van der Waals surface area contributed by atoms with Crippen LogP contribution in [0, 0.1) is 0 Å². The minimum atomic E-state index is -0.933. The third kappa shape index (κ3) is 4.29. The SMILES string of the molecule is N[12CH2][12CH2][12CH2][12CH2][12C@H](N)[12C](=O)O. The summed E-state index contributed by atoms with van der Waals surface area (Å²) < 4.78 is 0. The highest BCUT2D eigenvalue weighted by Gasteiger charge is 2.09. The summed E-state index contributed by atoms with van der Waals surface area (Å²) in [5.41, 5.74) is 10.4. The summed E-state index contributed by atoms with van der Waals surface area (Å²) >= 11 is 0. The third-order valence-electron chi connectivity index (χ3n) is 1.29. The van der Waals surface area contributed by atoms with E-state index < -0.39 is 12.0 Å². The lowest BCUT2D eigenvalue weighted by atomic mass is 10.1. The summed E-state index contributed by atoms with van der Waals surface area (Å²) in [5, 5.41) is 8.33. The quantitative estimate of drug-likeness (QED) is 0.457. The lowest BCUT2D eigenvalue weighted by Crippen LogP contribution is -2.29. The number of hydrogen-bond donors (Lipinski definition) is 3. The van der Waals surface area contributed by atoms with Crippen molar-refractivity contribution >= 4 is 5.97 Å². The summed E-state index contributed by atoms with van der Waals surface area (Å²) in [7, 11) is 0. The molecule has 60 valence electrons. The zero-order valence-electron chi connectivity index (χ0n) is 5.92. The van der Waals surface area contributed by atoms with Crippen molar-refractivity contribution in [2.45, 2.75) is 25.3 Å². The normalized spacial score (nSPS) is 13.0. The molecule has 0 aromatic heterocycles. The Labute approximate surface area is 60.2 Å². The molecule has 0 fully saturated rings. The monoisotopic (exact) mass is 146 g/mol. The molecule has 0 amide bonds. The predicted octanol–water partition coefficient (Wildman–Crippen LogP) is -0.473. The van der Waals surface area contributed by atoms with E-state index in [0.717, 1.165) is 12.8 Å². The van der Waals surface area contributed by atoms with Crippen LogP contribution in [-0.2, 0) is 4.79 Å². The minimum absolute atomic E-state index is 0.520. The Kier molecular flexibility index (Phi) is 4.88. The number of carbonyl (C=O) groups is 1. The average molecular weight is 146 g/mol. The van der Waals surface area contributed by atoms with Gasteiger partial charge in [0, 0.05) is 0 Å². The van der Waals surface area contributed by atoms with Gasteiger partial charge in [-0.3, -0.25) is 4.79 Å². The van der Waals surface area contributed by atoms with Crippen molar-refractivity contribution in [1.82, 2.24) is 0 Å². The van der Waals surface area contributed by atoms with Gasteiger partial charge in [-0.25, -0.2) is 0 Å². The van der Waals surface area contributed by atoms with Crippen LogP contribution < -0.4 is 11.5 Å². The van der Waals surface area contributed by atoms with Crippen LogP contribution in [0.25, 0.3) is 0 Å². The van der Waals surface area contributed by atoms with E-state index in [1.807, 2.05) is 0 Å². The van der Waals surface area contributed by atoms with E-state index in [0.29, 0.717) is 13.0 Å². The Hall–Kier alpha value is -0.610. The van der Waals surface area contributed by atoms with Crippen molar-refractivity contribution in [3.05, 3.63) is 0 Å². The van der Waals surface area contributed by atoms with E-state index in [2.05, 4.69) is 0 Å². The van der Waals surface area contributed by atoms with Gasteiger partial charge in [0.15, 0.2) is 0 Å². The number of rotatable bonds is 5. The molecule has 0 aliphatic rings. The second-order valence-electron chi connectivity index (χ2n) is 2.23. The van der Waals surface area contributed by atoms with E-state index in [1.54, 1.807) is 0 Å². The van der Waals surface area contributed by atoms with E-state index in [1.165, 1.54) is 0 Å². The van der Waals surface area contributed by atoms with Crippen LogP contribution in [0.5, 0.6) is 0 Å². The Morgan fingerprint density at radius 2 is 2.10 bits per heavy atom. The molecular formula is C6H14N2O2. The number of hydrogen-bond acceptors (Lipinski definition) is 3. The Morgan fingerprint density at radius 3 is 2.50 bits per heavy atom. The molecule has 5 N–H and O–H groups in total. The van der Waals surface area contributed by atoms with Crippen molar-refractivity contribution in [3.8, 4) is 0 Å². The molecule has 1 atom stereocenters. The van der Waals surface area contributed by atoms with Crippen LogP contribution in [0.4, 0.5) is 0 Å². The van der Waals surface area contributed by atoms with Crippen LogP contribution in [0.15, 0.2) is 0 Å². The minimum Gasteiger partial charge on any atom is -0.480 e. The van der Waals surface area contributed by atoms with Gasteiger partial charge in [0.25, 0.3) is 0 Å². The first-order chi connectivity index (χ1) is 4.68. The van der Waals surface area contributed by atoms with Gasteiger partial charge in [-0.05, 0) is 19.4 Å². The lowest BCUT2D eigenvalue weighted by molar-refractivity contribution is -0.138. The van der Waals surface area contributed by atoms with Gasteiger partial charge in [0.2, 0.25) is 0 Å². The largest absolute Gasteiger partial charge is 0.480 e. The summed E-state index contributed by atoms with van der Waals surface area (Å²) in [4.78, 5) is 10.1. The topological polar surface area (TPSA) is 89.3 Å². The summed E-state index contributed by atoms with van der Waals surface area (Å²) in [6.07, 6.45) is 2.16. The van der Waals surface area contributed by atoms with Gasteiger partial charge >= 0.3 is 5.97 Å². The average Bonchev–Trinajstić information content (AvgIpc) is 1.88. The first kappa shape index (κ1) is 9.39. The molecule has 0 unspecified atom stereocenters. The van der Waals surface area contributed by atoms with Crippen LogP contribution >= 0.6 is 0 Å². The molecule has 0 aromatic carbocycles. The maximum Gasteiger partial charge on any atom is 0.320 e. The van der Waals surface area contributed by atoms with Gasteiger partial charge in [-0.2, -0.15) is 0 Å². The van der Waals surface area contributed by atoms with Crippen molar-refractivity contribution in [2.75, 3.05) is 6.54 Å². The van der Waals surface area contributed by atoms with E-state index in [-0.39, 0.29) is 0 Å². The first-order valence-corrected chi connectivity index (χ1v) is 3.37. The van der Waals surface area contributed by atoms with Crippen LogP contribution in [0.1, 0.15) is 19.3 Å². The number of carboxylic acids is 1. The van der Waals surface area contributed by atoms with Crippen molar-refractivity contribution in [1.29, 1.82) is 0 Å². The number of carboxylic acid groups (broad SMARTS) is 1. The molecule has 0 radical (unpaired) electrons. The summed E-state index contributed by atoms with van der Waals surface area (Å²) in [5.74, 6) is -0.933. The summed E-state index contributed by atoms with van der Waals surface area (Å²) in [6, 6.07) is -0.716. The van der Waals surface area contributed by atoms with Gasteiger partial charge < -0.3 is 16.6 Å². The highest BCUT2D eigenvalue weighted by atomic mass is 16.4. The third-order valence-corrected chi connectivity index (χ3v) is 1.29. The summed E-state index contributed by atoms with van der Waals surface area (Å²) in [6.45, 7) is 0.604. The smallest absolute Gasteiger partial charge is 0.320 e.